The van der Waals surface area contributed by atoms with Crippen LogP contribution in [0.1, 0.15) is 25.7 Å². The summed E-state index contributed by atoms with van der Waals surface area (Å²) in [4.78, 5) is 6.20. The maximum atomic E-state index is 6.38. The number of anilines is 1. The van der Waals surface area contributed by atoms with Crippen molar-refractivity contribution >= 4 is 28.9 Å². The third-order valence-corrected chi connectivity index (χ3v) is 4.08. The number of hydrogen-bond acceptors (Lipinski definition) is 2. The summed E-state index contributed by atoms with van der Waals surface area (Å²) in [5, 5.41) is 0.919. The number of halogens is 2. The highest BCUT2D eigenvalue weighted by molar-refractivity contribution is 6.33. The Morgan fingerprint density at radius 1 is 1.38 bits per heavy atom. The molecule has 0 aromatic carbocycles. The molecule has 0 aliphatic heterocycles. The smallest absolute Gasteiger partial charge is 0.0822 e. The molecule has 1 saturated carbocycles. The molecule has 88 valence electrons. The zero-order valence-electron chi connectivity index (χ0n) is 9.37. The molecule has 1 aliphatic rings. The summed E-state index contributed by atoms with van der Waals surface area (Å²) in [5.74, 6) is 0. The van der Waals surface area contributed by atoms with E-state index in [1.54, 1.807) is 12.4 Å². The summed E-state index contributed by atoms with van der Waals surface area (Å²) in [7, 11) is 2.06. The van der Waals surface area contributed by atoms with Crippen LogP contribution >= 0.6 is 23.2 Å². The van der Waals surface area contributed by atoms with Gasteiger partial charge in [0.05, 0.1) is 16.1 Å². The van der Waals surface area contributed by atoms with Crippen LogP contribution in [0.2, 0.25) is 5.02 Å². The molecule has 1 aromatic rings. The van der Waals surface area contributed by atoms with Crippen molar-refractivity contribution in [1.82, 2.24) is 4.98 Å². The van der Waals surface area contributed by atoms with Crippen LogP contribution in [0.3, 0.4) is 0 Å². The van der Waals surface area contributed by atoms with Crippen molar-refractivity contribution < 1.29 is 0 Å². The van der Waals surface area contributed by atoms with Gasteiger partial charge in [0.25, 0.3) is 0 Å². The summed E-state index contributed by atoms with van der Waals surface area (Å²) in [6, 6.07) is 2.33. The highest BCUT2D eigenvalue weighted by atomic mass is 35.5. The quantitative estimate of drug-likeness (QED) is 0.752. The molecule has 1 aliphatic carbocycles. The van der Waals surface area contributed by atoms with Gasteiger partial charge in [-0.15, -0.1) is 11.6 Å². The number of alkyl halides is 1. The maximum absolute atomic E-state index is 6.38. The van der Waals surface area contributed by atoms with E-state index in [1.165, 1.54) is 12.8 Å². The molecule has 16 heavy (non-hydrogen) atoms. The van der Waals surface area contributed by atoms with Crippen molar-refractivity contribution in [2.45, 2.75) is 37.1 Å². The Hall–Kier alpha value is -0.470. The zero-order chi connectivity index (χ0) is 11.5. The van der Waals surface area contributed by atoms with Crippen molar-refractivity contribution in [3.8, 4) is 0 Å². The second kappa shape index (κ2) is 5.24. The molecule has 0 amide bonds. The Kier molecular flexibility index (Phi) is 3.93. The van der Waals surface area contributed by atoms with E-state index in [0.717, 1.165) is 18.5 Å². The van der Waals surface area contributed by atoms with Crippen LogP contribution in [-0.4, -0.2) is 23.5 Å². The van der Waals surface area contributed by atoms with Gasteiger partial charge in [-0.25, -0.2) is 0 Å². The minimum absolute atomic E-state index is 0.225. The van der Waals surface area contributed by atoms with E-state index >= 15 is 0 Å². The molecule has 0 saturated heterocycles. The predicted octanol–water partition coefficient (Wildman–Crippen LogP) is 3.72. The first-order valence-corrected chi connectivity index (χ1v) is 6.48. The Morgan fingerprint density at radius 3 is 2.81 bits per heavy atom. The molecule has 1 fully saturated rings. The van der Waals surface area contributed by atoms with Crippen LogP contribution in [0.15, 0.2) is 18.5 Å². The summed E-state index contributed by atoms with van der Waals surface area (Å²) in [5.41, 5.74) is 1.02. The van der Waals surface area contributed by atoms with Gasteiger partial charge in [0.2, 0.25) is 0 Å². The second-order valence-corrected chi connectivity index (χ2v) is 5.27. The topological polar surface area (TPSA) is 16.1 Å². The molecule has 2 unspecified atom stereocenters. The Bertz CT molecular complexity index is 357. The van der Waals surface area contributed by atoms with E-state index in [0.29, 0.717) is 11.1 Å². The fourth-order valence-electron chi connectivity index (χ4n) is 2.33. The average molecular weight is 259 g/mol. The van der Waals surface area contributed by atoms with E-state index in [4.69, 9.17) is 23.2 Å². The number of aromatic nitrogens is 1. The number of nitrogens with zero attached hydrogens (tertiary/aromatic N) is 2. The SMILES string of the molecule is CN(c1ccncc1Cl)C1CCCCC1Cl. The van der Waals surface area contributed by atoms with Gasteiger partial charge in [-0.05, 0) is 18.9 Å². The van der Waals surface area contributed by atoms with Crippen molar-refractivity contribution in [3.63, 3.8) is 0 Å². The molecular formula is C12H16Cl2N2. The lowest BCUT2D eigenvalue weighted by molar-refractivity contribution is 0.434. The average Bonchev–Trinajstić information content (AvgIpc) is 2.29. The van der Waals surface area contributed by atoms with E-state index in [1.807, 2.05) is 6.07 Å². The largest absolute Gasteiger partial charge is 0.369 e. The van der Waals surface area contributed by atoms with Crippen LogP contribution in [-0.2, 0) is 0 Å². The van der Waals surface area contributed by atoms with Crippen LogP contribution in [0.4, 0.5) is 5.69 Å². The molecule has 1 heterocycles. The molecule has 1 aromatic heterocycles. The molecule has 0 spiro atoms. The third kappa shape index (κ3) is 2.44. The van der Waals surface area contributed by atoms with Crippen LogP contribution in [0.25, 0.3) is 0 Å². The maximum Gasteiger partial charge on any atom is 0.0822 e. The van der Waals surface area contributed by atoms with Gasteiger partial charge in [0.15, 0.2) is 0 Å². The van der Waals surface area contributed by atoms with E-state index in [-0.39, 0.29) is 5.38 Å². The van der Waals surface area contributed by atoms with Gasteiger partial charge in [-0.2, -0.15) is 0 Å². The molecule has 4 heteroatoms. The van der Waals surface area contributed by atoms with Gasteiger partial charge >= 0.3 is 0 Å². The monoisotopic (exact) mass is 258 g/mol. The van der Waals surface area contributed by atoms with Gasteiger partial charge in [-0.3, -0.25) is 4.98 Å². The summed E-state index contributed by atoms with van der Waals surface area (Å²) in [6.45, 7) is 0. The third-order valence-electron chi connectivity index (χ3n) is 3.28. The number of hydrogen-bond donors (Lipinski definition) is 0. The van der Waals surface area contributed by atoms with Crippen LogP contribution in [0.5, 0.6) is 0 Å². The van der Waals surface area contributed by atoms with E-state index < -0.39 is 0 Å². The Balaban J connectivity index is 2.17. The lowest BCUT2D eigenvalue weighted by Crippen LogP contribution is -2.41. The van der Waals surface area contributed by atoms with Gasteiger partial charge in [0, 0.05) is 25.5 Å². The molecular weight excluding hydrogens is 243 g/mol. The predicted molar refractivity (Wildman–Crippen MR) is 69.5 cm³/mol. The van der Waals surface area contributed by atoms with Crippen LogP contribution < -0.4 is 4.90 Å². The standard InChI is InChI=1S/C12H16Cl2N2/c1-16(11-5-3-2-4-9(11)13)12-6-7-15-8-10(12)14/h6-9,11H,2-5H2,1H3. The lowest BCUT2D eigenvalue weighted by Gasteiger charge is -2.36. The summed E-state index contributed by atoms with van der Waals surface area (Å²) >= 11 is 12.5. The van der Waals surface area contributed by atoms with Gasteiger partial charge < -0.3 is 4.90 Å². The molecule has 0 bridgehead atoms. The fraction of sp³-hybridized carbons (Fsp3) is 0.583. The molecule has 2 nitrogen and oxygen atoms in total. The molecule has 0 radical (unpaired) electrons. The summed E-state index contributed by atoms with van der Waals surface area (Å²) in [6.07, 6.45) is 8.18. The van der Waals surface area contributed by atoms with Crippen molar-refractivity contribution in [2.75, 3.05) is 11.9 Å². The van der Waals surface area contributed by atoms with Crippen molar-refractivity contribution in [3.05, 3.63) is 23.5 Å². The molecule has 0 N–H and O–H groups in total. The minimum Gasteiger partial charge on any atom is -0.369 e. The van der Waals surface area contributed by atoms with E-state index in [2.05, 4.69) is 16.9 Å². The molecule has 2 atom stereocenters. The first-order valence-electron chi connectivity index (χ1n) is 5.66. The summed E-state index contributed by atoms with van der Waals surface area (Å²) < 4.78 is 0. The Morgan fingerprint density at radius 2 is 2.12 bits per heavy atom. The first-order chi connectivity index (χ1) is 7.70. The normalized spacial score (nSPS) is 25.4. The lowest BCUT2D eigenvalue weighted by atomic mass is 9.93. The number of pyridine rings is 1. The second-order valence-electron chi connectivity index (χ2n) is 4.31. The van der Waals surface area contributed by atoms with Gasteiger partial charge in [-0.1, -0.05) is 24.4 Å². The highest BCUT2D eigenvalue weighted by Crippen LogP contribution is 2.32. The fourth-order valence-corrected chi connectivity index (χ4v) is 3.04. The van der Waals surface area contributed by atoms with Crippen LogP contribution in [0, 0.1) is 0 Å². The van der Waals surface area contributed by atoms with Crippen molar-refractivity contribution in [1.29, 1.82) is 0 Å². The number of rotatable bonds is 2. The zero-order valence-corrected chi connectivity index (χ0v) is 10.9. The minimum atomic E-state index is 0.225. The Labute approximate surface area is 107 Å². The van der Waals surface area contributed by atoms with Crippen molar-refractivity contribution in [2.24, 2.45) is 0 Å². The molecule has 2 rings (SSSR count). The van der Waals surface area contributed by atoms with Gasteiger partial charge in [0.1, 0.15) is 0 Å². The first kappa shape index (κ1) is 12.0. The highest BCUT2D eigenvalue weighted by Gasteiger charge is 2.27. The van der Waals surface area contributed by atoms with E-state index in [9.17, 15) is 0 Å².